The van der Waals surface area contributed by atoms with Gasteiger partial charge in [0.25, 0.3) is 5.91 Å². The molecule has 0 aliphatic heterocycles. The van der Waals surface area contributed by atoms with Gasteiger partial charge in [-0.1, -0.05) is 83.4 Å². The highest BCUT2D eigenvalue weighted by Crippen LogP contribution is 2.30. The maximum atomic E-state index is 12.0. The molecule has 0 atom stereocenters. The highest BCUT2D eigenvalue weighted by Gasteiger charge is 2.09. The third-order valence-corrected chi connectivity index (χ3v) is 7.19. The van der Waals surface area contributed by atoms with E-state index in [4.69, 9.17) is 0 Å². The van der Waals surface area contributed by atoms with Crippen LogP contribution in [0.25, 0.3) is 10.9 Å². The highest BCUT2D eigenvalue weighted by molar-refractivity contribution is 8.03. The van der Waals surface area contributed by atoms with Gasteiger partial charge < -0.3 is 4.98 Å². The molecule has 0 radical (unpaired) electrons. The van der Waals surface area contributed by atoms with Gasteiger partial charge >= 0.3 is 0 Å². The molecule has 2 N–H and O–H groups in total. The first-order chi connectivity index (χ1) is 14.3. The third kappa shape index (κ3) is 5.47. The molecule has 0 saturated carbocycles. The fourth-order valence-electron chi connectivity index (χ4n) is 2.57. The van der Waals surface area contributed by atoms with E-state index < -0.39 is 0 Å². The van der Waals surface area contributed by atoms with Crippen molar-refractivity contribution in [3.8, 4) is 0 Å². The number of hydrogen-bond donors (Lipinski definition) is 2. The standard InChI is InChI=1S/C20H17N5OS3/c26-18(23-22-11-15-10-21-17-9-5-4-8-16(15)17)13-28-20-25-24-19(29-20)27-12-14-6-2-1-3-7-14/h1-11,21H,12-13H2,(H,23,26)/b22-11+. The molecule has 0 aliphatic carbocycles. The van der Waals surface area contributed by atoms with Gasteiger partial charge in [0.05, 0.1) is 12.0 Å². The molecule has 6 nitrogen and oxygen atoms in total. The van der Waals surface area contributed by atoms with Gasteiger partial charge in [0.2, 0.25) is 0 Å². The first kappa shape index (κ1) is 19.7. The lowest BCUT2D eigenvalue weighted by atomic mass is 10.2. The van der Waals surface area contributed by atoms with E-state index in [2.05, 4.69) is 37.8 Å². The summed E-state index contributed by atoms with van der Waals surface area (Å²) in [4.78, 5) is 15.2. The number of nitrogens with zero attached hydrogens (tertiary/aromatic N) is 3. The van der Waals surface area contributed by atoms with Crippen molar-refractivity contribution in [2.24, 2.45) is 5.10 Å². The number of benzene rings is 2. The van der Waals surface area contributed by atoms with E-state index in [1.807, 2.05) is 48.7 Å². The number of aromatic nitrogens is 3. The maximum Gasteiger partial charge on any atom is 0.250 e. The molecular weight excluding hydrogens is 422 g/mol. The van der Waals surface area contributed by atoms with Crippen LogP contribution in [0.5, 0.6) is 0 Å². The Balaban J connectivity index is 1.23. The number of amides is 1. The van der Waals surface area contributed by atoms with Gasteiger partial charge in [-0.25, -0.2) is 5.43 Å². The lowest BCUT2D eigenvalue weighted by Gasteiger charge is -1.97. The average Bonchev–Trinajstić information content (AvgIpc) is 3.39. The van der Waals surface area contributed by atoms with Gasteiger partial charge in [0.1, 0.15) is 0 Å². The predicted octanol–water partition coefficient (Wildman–Crippen LogP) is 4.55. The molecule has 0 bridgehead atoms. The molecule has 29 heavy (non-hydrogen) atoms. The fourth-order valence-corrected chi connectivity index (χ4v) is 5.34. The summed E-state index contributed by atoms with van der Waals surface area (Å²) in [7, 11) is 0. The zero-order valence-corrected chi connectivity index (χ0v) is 17.7. The first-order valence-corrected chi connectivity index (χ1v) is 11.6. The topological polar surface area (TPSA) is 83.0 Å². The molecule has 2 aromatic carbocycles. The summed E-state index contributed by atoms with van der Waals surface area (Å²) in [5.74, 6) is 0.909. The van der Waals surface area contributed by atoms with Gasteiger partial charge in [0.15, 0.2) is 8.68 Å². The van der Waals surface area contributed by atoms with E-state index in [-0.39, 0.29) is 11.7 Å². The molecule has 4 rings (SSSR count). The van der Waals surface area contributed by atoms with Crippen LogP contribution < -0.4 is 5.43 Å². The zero-order valence-electron chi connectivity index (χ0n) is 15.2. The molecule has 0 aliphatic rings. The van der Waals surface area contributed by atoms with Crippen LogP contribution in [0.1, 0.15) is 11.1 Å². The van der Waals surface area contributed by atoms with Crippen molar-refractivity contribution in [1.82, 2.24) is 20.6 Å². The number of para-hydroxylation sites is 1. The van der Waals surface area contributed by atoms with Crippen molar-refractivity contribution in [3.63, 3.8) is 0 Å². The Morgan fingerprint density at radius 3 is 2.69 bits per heavy atom. The Labute approximate surface area is 180 Å². The van der Waals surface area contributed by atoms with Crippen LogP contribution in [-0.2, 0) is 10.5 Å². The Morgan fingerprint density at radius 1 is 1.07 bits per heavy atom. The second-order valence-electron chi connectivity index (χ2n) is 5.98. The minimum atomic E-state index is -0.181. The second kappa shape index (κ2) is 9.73. The Morgan fingerprint density at radius 2 is 1.83 bits per heavy atom. The molecule has 0 spiro atoms. The SMILES string of the molecule is O=C(CSc1nnc(SCc2ccccc2)s1)N/N=C/c1c[nH]c2ccccc12. The molecule has 0 fully saturated rings. The van der Waals surface area contributed by atoms with Crippen molar-refractivity contribution < 1.29 is 4.79 Å². The number of carbonyl (C=O) groups excluding carboxylic acids is 1. The molecule has 0 saturated heterocycles. The molecule has 0 unspecified atom stereocenters. The summed E-state index contributed by atoms with van der Waals surface area (Å²) in [5, 5.41) is 13.4. The normalized spacial score (nSPS) is 11.3. The van der Waals surface area contributed by atoms with Gasteiger partial charge in [-0.05, 0) is 11.6 Å². The van der Waals surface area contributed by atoms with Gasteiger partial charge in [-0.15, -0.1) is 10.2 Å². The fraction of sp³-hybridized carbons (Fsp3) is 0.100. The summed E-state index contributed by atoms with van der Waals surface area (Å²) < 4.78 is 1.67. The van der Waals surface area contributed by atoms with Crippen LogP contribution in [-0.4, -0.2) is 33.1 Å². The van der Waals surface area contributed by atoms with Gasteiger partial charge in [-0.2, -0.15) is 5.10 Å². The predicted molar refractivity (Wildman–Crippen MR) is 121 cm³/mol. The smallest absolute Gasteiger partial charge is 0.250 e. The lowest BCUT2D eigenvalue weighted by molar-refractivity contribution is -0.118. The summed E-state index contributed by atoms with van der Waals surface area (Å²) in [6.07, 6.45) is 3.51. The van der Waals surface area contributed by atoms with E-state index in [0.29, 0.717) is 0 Å². The first-order valence-electron chi connectivity index (χ1n) is 8.79. The highest BCUT2D eigenvalue weighted by atomic mass is 32.2. The van der Waals surface area contributed by atoms with E-state index in [1.54, 1.807) is 18.0 Å². The molecule has 146 valence electrons. The van der Waals surface area contributed by atoms with E-state index in [1.165, 1.54) is 28.7 Å². The molecule has 2 heterocycles. The number of thioether (sulfide) groups is 2. The number of hydrogen-bond acceptors (Lipinski definition) is 7. The Kier molecular flexibility index (Phi) is 6.60. The number of rotatable bonds is 8. The van der Waals surface area contributed by atoms with E-state index in [0.717, 1.165) is 30.9 Å². The van der Waals surface area contributed by atoms with Crippen LogP contribution in [0.3, 0.4) is 0 Å². The number of aromatic amines is 1. The van der Waals surface area contributed by atoms with Gasteiger partial charge in [0, 0.05) is 28.4 Å². The summed E-state index contributed by atoms with van der Waals surface area (Å²) in [6, 6.07) is 18.2. The average molecular weight is 440 g/mol. The quantitative estimate of drug-likeness (QED) is 0.239. The maximum absolute atomic E-state index is 12.0. The zero-order chi connectivity index (χ0) is 19.9. The van der Waals surface area contributed by atoms with Crippen molar-refractivity contribution >= 4 is 57.9 Å². The molecule has 4 aromatic rings. The molecule has 2 aromatic heterocycles. The number of hydrazone groups is 1. The minimum absolute atomic E-state index is 0.181. The minimum Gasteiger partial charge on any atom is -0.361 e. The Hall–Kier alpha value is -2.62. The van der Waals surface area contributed by atoms with Crippen LogP contribution >= 0.6 is 34.9 Å². The second-order valence-corrected chi connectivity index (χ2v) is 9.40. The van der Waals surface area contributed by atoms with Crippen molar-refractivity contribution in [1.29, 1.82) is 0 Å². The van der Waals surface area contributed by atoms with E-state index in [9.17, 15) is 4.79 Å². The van der Waals surface area contributed by atoms with Crippen LogP contribution in [0.15, 0.2) is 74.6 Å². The van der Waals surface area contributed by atoms with Crippen molar-refractivity contribution in [2.45, 2.75) is 14.4 Å². The largest absolute Gasteiger partial charge is 0.361 e. The van der Waals surface area contributed by atoms with Crippen molar-refractivity contribution in [3.05, 3.63) is 71.9 Å². The van der Waals surface area contributed by atoms with Crippen LogP contribution in [0.2, 0.25) is 0 Å². The molecular formula is C20H17N5OS3. The number of carbonyl (C=O) groups is 1. The van der Waals surface area contributed by atoms with Crippen LogP contribution in [0.4, 0.5) is 0 Å². The molecule has 1 amide bonds. The van der Waals surface area contributed by atoms with Gasteiger partial charge in [-0.3, -0.25) is 4.79 Å². The third-order valence-electron chi connectivity index (χ3n) is 3.93. The summed E-state index contributed by atoms with van der Waals surface area (Å²) in [6.45, 7) is 0. The van der Waals surface area contributed by atoms with E-state index >= 15 is 0 Å². The Bertz CT molecular complexity index is 1120. The van der Waals surface area contributed by atoms with Crippen molar-refractivity contribution in [2.75, 3.05) is 5.75 Å². The van der Waals surface area contributed by atoms with Crippen LogP contribution in [0, 0.1) is 0 Å². The lowest BCUT2D eigenvalue weighted by Crippen LogP contribution is -2.19. The number of fused-ring (bicyclic) bond motifs is 1. The number of H-pyrrole nitrogens is 1. The summed E-state index contributed by atoms with van der Waals surface area (Å²) in [5.41, 5.74) is 5.76. The summed E-state index contributed by atoms with van der Waals surface area (Å²) >= 11 is 4.51. The monoisotopic (exact) mass is 439 g/mol. The molecule has 9 heteroatoms. The number of nitrogens with one attached hydrogen (secondary N) is 2.